The third-order valence-corrected chi connectivity index (χ3v) is 2.59. The van der Waals surface area contributed by atoms with Crippen LogP contribution in [-0.4, -0.2) is 20.7 Å². The van der Waals surface area contributed by atoms with Crippen LogP contribution in [0.25, 0.3) is 0 Å². The number of hydrogen-bond acceptors (Lipinski definition) is 4. The van der Waals surface area contributed by atoms with E-state index < -0.39 is 0 Å². The van der Waals surface area contributed by atoms with Crippen LogP contribution in [0.15, 0.2) is 30.5 Å². The summed E-state index contributed by atoms with van der Waals surface area (Å²) in [5, 5.41) is 13.1. The van der Waals surface area contributed by atoms with Gasteiger partial charge >= 0.3 is 0 Å². The monoisotopic (exact) mass is 231 g/mol. The molecule has 0 fully saturated rings. The summed E-state index contributed by atoms with van der Waals surface area (Å²) in [6.07, 6.45) is 1.72. The molecule has 0 saturated heterocycles. The number of carbonyl (C=O) groups excluding carboxylic acids is 1. The Balaban J connectivity index is 2.17. The van der Waals surface area contributed by atoms with Crippen LogP contribution in [0.4, 0.5) is 5.82 Å². The second-order valence-corrected chi connectivity index (χ2v) is 3.83. The molecule has 0 aliphatic rings. The molecule has 0 radical (unpaired) electrons. The van der Waals surface area contributed by atoms with Crippen molar-refractivity contribution in [2.24, 2.45) is 7.05 Å². The highest BCUT2D eigenvalue weighted by molar-refractivity contribution is 6.01. The van der Waals surface area contributed by atoms with Gasteiger partial charge in [-0.25, -0.2) is 0 Å². The molecule has 5 nitrogen and oxygen atoms in total. The number of anilines is 1. The first-order chi connectivity index (χ1) is 8.08. The van der Waals surface area contributed by atoms with Crippen LogP contribution in [0.3, 0.4) is 0 Å². The number of hydrogen-bond donors (Lipinski definition) is 2. The first-order valence-corrected chi connectivity index (χ1v) is 5.16. The third kappa shape index (κ3) is 2.28. The number of phenolic OH excluding ortho intramolecular Hbond substituents is 1. The maximum absolute atomic E-state index is 11.9. The largest absolute Gasteiger partial charge is 0.508 e. The fourth-order valence-electron chi connectivity index (χ4n) is 1.56. The standard InChI is InChI=1S/C12H13N3O2/c1-15-12(13)10(7-14-15)11(17)6-8-2-4-9(16)5-3-8/h2-5,7,16H,6,13H2,1H3. The Hall–Kier alpha value is -2.30. The summed E-state index contributed by atoms with van der Waals surface area (Å²) in [5.74, 6) is 0.470. The van der Waals surface area contributed by atoms with Crippen LogP contribution in [0, 0.1) is 0 Å². The molecule has 0 amide bonds. The van der Waals surface area contributed by atoms with Gasteiger partial charge in [0.2, 0.25) is 0 Å². The first-order valence-electron chi connectivity index (χ1n) is 5.16. The maximum atomic E-state index is 11.9. The number of aromatic hydroxyl groups is 1. The summed E-state index contributed by atoms with van der Waals surface area (Å²) in [6, 6.07) is 6.52. The number of benzene rings is 1. The van der Waals surface area contributed by atoms with E-state index in [9.17, 15) is 4.79 Å². The molecule has 0 aliphatic carbocycles. The SMILES string of the molecule is Cn1ncc(C(=O)Cc2ccc(O)cc2)c1N. The van der Waals surface area contributed by atoms with Crippen molar-refractivity contribution in [3.8, 4) is 5.75 Å². The molecule has 1 aromatic carbocycles. The molecule has 2 aromatic rings. The van der Waals surface area contributed by atoms with E-state index in [1.165, 1.54) is 10.9 Å². The van der Waals surface area contributed by atoms with E-state index in [1.807, 2.05) is 0 Å². The molecule has 0 aliphatic heterocycles. The van der Waals surface area contributed by atoms with Crippen LogP contribution >= 0.6 is 0 Å². The van der Waals surface area contributed by atoms with Crippen molar-refractivity contribution < 1.29 is 9.90 Å². The number of aryl methyl sites for hydroxylation is 1. The highest BCUT2D eigenvalue weighted by atomic mass is 16.3. The zero-order chi connectivity index (χ0) is 12.4. The minimum atomic E-state index is -0.0821. The average Bonchev–Trinajstić information content (AvgIpc) is 2.63. The van der Waals surface area contributed by atoms with Crippen LogP contribution < -0.4 is 5.73 Å². The van der Waals surface area contributed by atoms with E-state index in [0.29, 0.717) is 11.4 Å². The third-order valence-electron chi connectivity index (χ3n) is 2.59. The Kier molecular flexibility index (Phi) is 2.82. The van der Waals surface area contributed by atoms with E-state index in [4.69, 9.17) is 10.8 Å². The Morgan fingerprint density at radius 2 is 2.06 bits per heavy atom. The number of nitrogens with zero attached hydrogens (tertiary/aromatic N) is 2. The molecule has 3 N–H and O–H groups in total. The van der Waals surface area contributed by atoms with Gasteiger partial charge < -0.3 is 10.8 Å². The van der Waals surface area contributed by atoms with E-state index >= 15 is 0 Å². The molecule has 0 bridgehead atoms. The number of nitrogens with two attached hydrogens (primary N) is 1. The average molecular weight is 231 g/mol. The molecule has 17 heavy (non-hydrogen) atoms. The molecule has 0 saturated carbocycles. The smallest absolute Gasteiger partial charge is 0.172 e. The fraction of sp³-hybridized carbons (Fsp3) is 0.167. The van der Waals surface area contributed by atoms with Gasteiger partial charge in [0.25, 0.3) is 0 Å². The number of phenols is 1. The van der Waals surface area contributed by atoms with Crippen molar-refractivity contribution in [1.82, 2.24) is 9.78 Å². The molecule has 88 valence electrons. The van der Waals surface area contributed by atoms with Crippen LogP contribution in [0.1, 0.15) is 15.9 Å². The van der Waals surface area contributed by atoms with Crippen molar-refractivity contribution in [1.29, 1.82) is 0 Å². The number of Topliss-reactive ketones (excluding diaryl/α,β-unsaturated/α-hetero) is 1. The van der Waals surface area contributed by atoms with Crippen molar-refractivity contribution in [3.63, 3.8) is 0 Å². The number of aromatic nitrogens is 2. The molecule has 2 rings (SSSR count). The summed E-state index contributed by atoms with van der Waals surface area (Å²) in [5.41, 5.74) is 6.98. The topological polar surface area (TPSA) is 81.1 Å². The van der Waals surface area contributed by atoms with Crippen molar-refractivity contribution >= 4 is 11.6 Å². The lowest BCUT2D eigenvalue weighted by Gasteiger charge is -2.01. The first kappa shape index (κ1) is 11.2. The minimum absolute atomic E-state index is 0.0821. The molecular formula is C12H13N3O2. The quantitative estimate of drug-likeness (QED) is 0.776. The van der Waals surface area contributed by atoms with Crippen molar-refractivity contribution in [2.75, 3.05) is 5.73 Å². The van der Waals surface area contributed by atoms with Gasteiger partial charge in [-0.1, -0.05) is 12.1 Å². The van der Waals surface area contributed by atoms with Crippen molar-refractivity contribution in [3.05, 3.63) is 41.6 Å². The second-order valence-electron chi connectivity index (χ2n) is 3.83. The molecular weight excluding hydrogens is 218 g/mol. The summed E-state index contributed by atoms with van der Waals surface area (Å²) in [7, 11) is 1.69. The fourth-order valence-corrected chi connectivity index (χ4v) is 1.56. The van der Waals surface area contributed by atoms with E-state index in [0.717, 1.165) is 5.56 Å². The van der Waals surface area contributed by atoms with Crippen LogP contribution in [0.5, 0.6) is 5.75 Å². The Morgan fingerprint density at radius 1 is 1.41 bits per heavy atom. The molecule has 1 aromatic heterocycles. The van der Waals surface area contributed by atoms with Gasteiger partial charge in [0.05, 0.1) is 11.8 Å². The Labute approximate surface area is 98.5 Å². The lowest BCUT2D eigenvalue weighted by Crippen LogP contribution is -2.07. The van der Waals surface area contributed by atoms with Gasteiger partial charge in [0, 0.05) is 13.5 Å². The molecule has 0 spiro atoms. The van der Waals surface area contributed by atoms with Gasteiger partial charge in [-0.05, 0) is 17.7 Å². The highest BCUT2D eigenvalue weighted by Crippen LogP contribution is 2.15. The molecule has 5 heteroatoms. The van der Waals surface area contributed by atoms with Crippen LogP contribution in [-0.2, 0) is 13.5 Å². The minimum Gasteiger partial charge on any atom is -0.508 e. The van der Waals surface area contributed by atoms with Gasteiger partial charge in [-0.2, -0.15) is 5.10 Å². The number of ketones is 1. The highest BCUT2D eigenvalue weighted by Gasteiger charge is 2.13. The number of nitrogen functional groups attached to an aromatic ring is 1. The molecule has 0 atom stereocenters. The Bertz CT molecular complexity index is 543. The zero-order valence-electron chi connectivity index (χ0n) is 9.42. The van der Waals surface area contributed by atoms with Crippen LogP contribution in [0.2, 0.25) is 0 Å². The van der Waals surface area contributed by atoms with Crippen molar-refractivity contribution in [2.45, 2.75) is 6.42 Å². The van der Waals surface area contributed by atoms with Gasteiger partial charge in [0.1, 0.15) is 11.6 Å². The lowest BCUT2D eigenvalue weighted by molar-refractivity contribution is 0.0993. The molecule has 0 unspecified atom stereocenters. The van der Waals surface area contributed by atoms with Gasteiger partial charge in [-0.15, -0.1) is 0 Å². The lowest BCUT2D eigenvalue weighted by atomic mass is 10.1. The number of rotatable bonds is 3. The summed E-state index contributed by atoms with van der Waals surface area (Å²) < 4.78 is 1.46. The van der Waals surface area contributed by atoms with Gasteiger partial charge in [0.15, 0.2) is 5.78 Å². The predicted molar refractivity (Wildman–Crippen MR) is 63.8 cm³/mol. The summed E-state index contributed by atoms with van der Waals surface area (Å²) in [4.78, 5) is 11.9. The Morgan fingerprint density at radius 3 is 2.59 bits per heavy atom. The van der Waals surface area contributed by atoms with Gasteiger partial charge in [-0.3, -0.25) is 9.48 Å². The number of carbonyl (C=O) groups is 1. The van der Waals surface area contributed by atoms with E-state index in [-0.39, 0.29) is 18.0 Å². The van der Waals surface area contributed by atoms with E-state index in [1.54, 1.807) is 31.3 Å². The second kappa shape index (κ2) is 4.29. The zero-order valence-corrected chi connectivity index (χ0v) is 9.42. The summed E-state index contributed by atoms with van der Waals surface area (Å²) in [6.45, 7) is 0. The predicted octanol–water partition coefficient (Wildman–Crippen LogP) is 1.13. The van der Waals surface area contributed by atoms with E-state index in [2.05, 4.69) is 5.10 Å². The normalized spacial score (nSPS) is 10.4. The maximum Gasteiger partial charge on any atom is 0.172 e. The molecule has 1 heterocycles. The summed E-state index contributed by atoms with van der Waals surface area (Å²) >= 11 is 0.